The first-order valence-corrected chi connectivity index (χ1v) is 7.34. The van der Waals surface area contributed by atoms with E-state index in [-0.39, 0.29) is 0 Å². The van der Waals surface area contributed by atoms with E-state index in [9.17, 15) is 0 Å². The SMILES string of the molecule is NN1COc2ccc(-c3ccccc3)c(OCc3ccoc3)c21. The molecule has 0 atom stereocenters. The van der Waals surface area contributed by atoms with Crippen LogP contribution in [-0.2, 0) is 6.61 Å². The van der Waals surface area contributed by atoms with Gasteiger partial charge in [0.25, 0.3) is 0 Å². The predicted octanol–water partition coefficient (Wildman–Crippen LogP) is 3.56. The molecule has 0 unspecified atom stereocenters. The number of nitrogens with two attached hydrogens (primary N) is 1. The van der Waals surface area contributed by atoms with E-state index >= 15 is 0 Å². The molecule has 1 aromatic heterocycles. The monoisotopic (exact) mass is 308 g/mol. The summed E-state index contributed by atoms with van der Waals surface area (Å²) in [6, 6.07) is 15.9. The molecule has 0 fully saturated rings. The number of benzene rings is 2. The first-order valence-electron chi connectivity index (χ1n) is 7.34. The highest BCUT2D eigenvalue weighted by molar-refractivity contribution is 5.83. The molecule has 2 heterocycles. The van der Waals surface area contributed by atoms with E-state index in [0.29, 0.717) is 13.3 Å². The largest absolute Gasteiger partial charge is 0.486 e. The summed E-state index contributed by atoms with van der Waals surface area (Å²) in [5.74, 6) is 7.50. The number of furan rings is 1. The number of hydrazine groups is 1. The quantitative estimate of drug-likeness (QED) is 0.747. The lowest BCUT2D eigenvalue weighted by Crippen LogP contribution is -2.29. The van der Waals surface area contributed by atoms with Crippen LogP contribution in [-0.4, -0.2) is 6.73 Å². The molecular weight excluding hydrogens is 292 g/mol. The number of ether oxygens (including phenoxy) is 2. The highest BCUT2D eigenvalue weighted by atomic mass is 16.5. The Balaban J connectivity index is 1.78. The number of nitrogens with zero attached hydrogens (tertiary/aromatic N) is 1. The fourth-order valence-electron chi connectivity index (χ4n) is 2.67. The highest BCUT2D eigenvalue weighted by Gasteiger charge is 2.26. The van der Waals surface area contributed by atoms with Gasteiger partial charge in [0.1, 0.15) is 12.3 Å². The van der Waals surface area contributed by atoms with Gasteiger partial charge in [-0.25, -0.2) is 5.84 Å². The van der Waals surface area contributed by atoms with Crippen LogP contribution in [0.5, 0.6) is 11.5 Å². The Morgan fingerprint density at radius 1 is 1.09 bits per heavy atom. The maximum atomic E-state index is 6.09. The van der Waals surface area contributed by atoms with E-state index in [0.717, 1.165) is 33.9 Å². The van der Waals surface area contributed by atoms with E-state index in [1.54, 1.807) is 17.5 Å². The Morgan fingerprint density at radius 2 is 1.96 bits per heavy atom. The molecule has 0 bridgehead atoms. The molecule has 0 saturated heterocycles. The molecule has 2 N–H and O–H groups in total. The summed E-state index contributed by atoms with van der Waals surface area (Å²) in [5.41, 5.74) is 3.78. The Bertz CT molecular complexity index is 801. The fourth-order valence-corrected chi connectivity index (χ4v) is 2.67. The maximum Gasteiger partial charge on any atom is 0.175 e. The molecule has 0 saturated carbocycles. The van der Waals surface area contributed by atoms with E-state index in [1.807, 2.05) is 48.5 Å². The second kappa shape index (κ2) is 5.70. The molecule has 23 heavy (non-hydrogen) atoms. The van der Waals surface area contributed by atoms with Crippen LogP contribution in [0.2, 0.25) is 0 Å². The molecule has 0 spiro atoms. The van der Waals surface area contributed by atoms with Gasteiger partial charge in [0.05, 0.1) is 12.5 Å². The Kier molecular flexibility index (Phi) is 3.40. The normalized spacial score (nSPS) is 12.8. The van der Waals surface area contributed by atoms with Gasteiger partial charge >= 0.3 is 0 Å². The van der Waals surface area contributed by atoms with Gasteiger partial charge in [-0.05, 0) is 23.8 Å². The lowest BCUT2D eigenvalue weighted by molar-refractivity contribution is 0.307. The number of hydrogen-bond donors (Lipinski definition) is 1. The van der Waals surface area contributed by atoms with Gasteiger partial charge in [-0.2, -0.15) is 0 Å². The molecule has 3 aromatic rings. The zero-order valence-corrected chi connectivity index (χ0v) is 12.4. The second-order valence-electron chi connectivity index (χ2n) is 5.32. The molecule has 2 aromatic carbocycles. The van der Waals surface area contributed by atoms with E-state index in [4.69, 9.17) is 19.7 Å². The van der Waals surface area contributed by atoms with Gasteiger partial charge in [-0.1, -0.05) is 30.3 Å². The Morgan fingerprint density at radius 3 is 2.74 bits per heavy atom. The third kappa shape index (κ3) is 2.51. The van der Waals surface area contributed by atoms with Crippen molar-refractivity contribution in [1.82, 2.24) is 0 Å². The lowest BCUT2D eigenvalue weighted by atomic mass is 10.0. The molecule has 5 nitrogen and oxygen atoms in total. The fraction of sp³-hybridized carbons (Fsp3) is 0.111. The minimum atomic E-state index is 0.315. The average molecular weight is 308 g/mol. The van der Waals surface area contributed by atoms with Crippen molar-refractivity contribution < 1.29 is 13.9 Å². The van der Waals surface area contributed by atoms with Gasteiger partial charge in [0, 0.05) is 11.1 Å². The zero-order valence-electron chi connectivity index (χ0n) is 12.4. The van der Waals surface area contributed by atoms with Gasteiger partial charge in [0.2, 0.25) is 0 Å². The molecule has 5 heteroatoms. The minimum Gasteiger partial charge on any atom is -0.486 e. The van der Waals surface area contributed by atoms with E-state index in [2.05, 4.69) is 0 Å². The van der Waals surface area contributed by atoms with Crippen molar-refractivity contribution in [2.45, 2.75) is 6.61 Å². The first kappa shape index (κ1) is 13.7. The van der Waals surface area contributed by atoms with Crippen molar-refractivity contribution in [3.63, 3.8) is 0 Å². The third-order valence-corrected chi connectivity index (χ3v) is 3.79. The molecule has 1 aliphatic heterocycles. The van der Waals surface area contributed by atoms with Crippen LogP contribution in [0, 0.1) is 0 Å². The molecule has 116 valence electrons. The summed E-state index contributed by atoms with van der Waals surface area (Å²) in [6.07, 6.45) is 3.30. The Hall–Kier alpha value is -2.92. The molecule has 0 radical (unpaired) electrons. The van der Waals surface area contributed by atoms with Gasteiger partial charge in [-0.3, -0.25) is 5.01 Å². The molecule has 4 rings (SSSR count). The van der Waals surface area contributed by atoms with Crippen LogP contribution in [0.1, 0.15) is 5.56 Å². The molecule has 1 aliphatic rings. The average Bonchev–Trinajstić information content (AvgIpc) is 3.24. The van der Waals surface area contributed by atoms with Crippen molar-refractivity contribution in [2.24, 2.45) is 5.84 Å². The van der Waals surface area contributed by atoms with E-state index in [1.165, 1.54) is 0 Å². The highest BCUT2D eigenvalue weighted by Crippen LogP contribution is 2.46. The summed E-state index contributed by atoms with van der Waals surface area (Å²) in [4.78, 5) is 0. The summed E-state index contributed by atoms with van der Waals surface area (Å²) in [7, 11) is 0. The summed E-state index contributed by atoms with van der Waals surface area (Å²) in [5, 5.41) is 1.56. The standard InChI is InChI=1S/C18H16N2O3/c19-20-12-23-16-7-6-15(14-4-2-1-3-5-14)18(17(16)20)22-11-13-8-9-21-10-13/h1-10H,11-12,19H2. The van der Waals surface area contributed by atoms with Crippen LogP contribution >= 0.6 is 0 Å². The summed E-state index contributed by atoms with van der Waals surface area (Å²) < 4.78 is 16.8. The zero-order chi connectivity index (χ0) is 15.6. The minimum absolute atomic E-state index is 0.315. The number of anilines is 1. The topological polar surface area (TPSA) is 60.9 Å². The lowest BCUT2D eigenvalue weighted by Gasteiger charge is -2.17. The summed E-state index contributed by atoms with van der Waals surface area (Å²) >= 11 is 0. The maximum absolute atomic E-state index is 6.09. The van der Waals surface area contributed by atoms with Crippen LogP contribution in [0.3, 0.4) is 0 Å². The van der Waals surface area contributed by atoms with Crippen molar-refractivity contribution in [3.05, 3.63) is 66.6 Å². The van der Waals surface area contributed by atoms with Gasteiger partial charge in [-0.15, -0.1) is 0 Å². The smallest absolute Gasteiger partial charge is 0.175 e. The number of hydrogen-bond acceptors (Lipinski definition) is 5. The molecular formula is C18H16N2O3. The van der Waals surface area contributed by atoms with Crippen LogP contribution in [0.15, 0.2) is 65.5 Å². The van der Waals surface area contributed by atoms with Crippen molar-refractivity contribution >= 4 is 5.69 Å². The van der Waals surface area contributed by atoms with Crippen LogP contribution < -0.4 is 20.3 Å². The summed E-state index contributed by atoms with van der Waals surface area (Å²) in [6.45, 7) is 0.719. The molecule has 0 amide bonds. The third-order valence-electron chi connectivity index (χ3n) is 3.79. The molecule has 0 aliphatic carbocycles. The van der Waals surface area contributed by atoms with Crippen molar-refractivity contribution in [3.8, 4) is 22.6 Å². The van der Waals surface area contributed by atoms with E-state index < -0.39 is 0 Å². The van der Waals surface area contributed by atoms with Gasteiger partial charge < -0.3 is 13.9 Å². The predicted molar refractivity (Wildman–Crippen MR) is 87.1 cm³/mol. The second-order valence-corrected chi connectivity index (χ2v) is 5.32. The van der Waals surface area contributed by atoms with Crippen LogP contribution in [0.4, 0.5) is 5.69 Å². The van der Waals surface area contributed by atoms with Crippen LogP contribution in [0.25, 0.3) is 11.1 Å². The first-order chi connectivity index (χ1) is 11.3. The van der Waals surface area contributed by atoms with Crippen molar-refractivity contribution in [2.75, 3.05) is 11.7 Å². The van der Waals surface area contributed by atoms with Crippen molar-refractivity contribution in [1.29, 1.82) is 0 Å². The number of fused-ring (bicyclic) bond motifs is 1. The number of rotatable bonds is 4. The Labute approximate surface area is 133 Å². The van der Waals surface area contributed by atoms with Gasteiger partial charge in [0.15, 0.2) is 18.2 Å².